The van der Waals surface area contributed by atoms with E-state index in [9.17, 15) is 9.90 Å². The Hall–Kier alpha value is -2.57. The number of β-amino-alcohol motifs (C(OH)–C–C–N with tert-alkyl or cyclic N) is 1. The van der Waals surface area contributed by atoms with Gasteiger partial charge in [-0.2, -0.15) is 0 Å². The zero-order valence-corrected chi connectivity index (χ0v) is 19.9. The third-order valence-electron chi connectivity index (χ3n) is 6.16. The summed E-state index contributed by atoms with van der Waals surface area (Å²) in [6, 6.07) is 20.2. The lowest BCUT2D eigenvalue weighted by Crippen LogP contribution is -2.55. The van der Waals surface area contributed by atoms with Gasteiger partial charge in [-0.3, -0.25) is 4.90 Å². The fraction of sp³-hybridized carbons (Fsp3) is 0.519. The number of benzene rings is 2. The molecule has 1 aliphatic carbocycles. The molecule has 0 aromatic heterocycles. The van der Waals surface area contributed by atoms with Crippen LogP contribution in [0.15, 0.2) is 60.7 Å². The lowest BCUT2D eigenvalue weighted by atomic mass is 9.98. The minimum absolute atomic E-state index is 0.196. The fourth-order valence-corrected chi connectivity index (χ4v) is 4.53. The Balaban J connectivity index is 1.26. The van der Waals surface area contributed by atoms with Crippen molar-refractivity contribution in [2.75, 3.05) is 32.8 Å². The molecule has 2 aliphatic rings. The van der Waals surface area contributed by atoms with E-state index >= 15 is 0 Å². The van der Waals surface area contributed by atoms with Gasteiger partial charge in [0, 0.05) is 44.1 Å². The van der Waals surface area contributed by atoms with Crippen LogP contribution in [0.25, 0.3) is 0 Å². The molecule has 33 heavy (non-hydrogen) atoms. The van der Waals surface area contributed by atoms with Crippen LogP contribution in [-0.4, -0.2) is 71.5 Å². The summed E-state index contributed by atoms with van der Waals surface area (Å²) in [4.78, 5) is 17.2. The Morgan fingerprint density at radius 3 is 2.36 bits per heavy atom. The molecule has 1 saturated heterocycles. The molecule has 3 atom stereocenters. The molecule has 1 unspecified atom stereocenters. The summed E-state index contributed by atoms with van der Waals surface area (Å²) < 4.78 is 11.4. The smallest absolute Gasteiger partial charge is 0.410 e. The molecule has 2 aromatic rings. The van der Waals surface area contributed by atoms with E-state index in [-0.39, 0.29) is 18.7 Å². The monoisotopic (exact) mass is 452 g/mol. The van der Waals surface area contributed by atoms with Crippen molar-refractivity contribution in [1.29, 1.82) is 0 Å². The Bertz CT molecular complexity index is 893. The lowest BCUT2D eigenvalue weighted by Gasteiger charge is -2.42. The topological polar surface area (TPSA) is 62.2 Å². The molecule has 178 valence electrons. The number of hydrogen-bond donors (Lipinski definition) is 1. The van der Waals surface area contributed by atoms with Gasteiger partial charge in [0.25, 0.3) is 0 Å². The maximum Gasteiger partial charge on any atom is 0.410 e. The Morgan fingerprint density at radius 2 is 1.73 bits per heavy atom. The quantitative estimate of drug-likeness (QED) is 0.619. The van der Waals surface area contributed by atoms with Crippen molar-refractivity contribution in [2.24, 2.45) is 5.92 Å². The molecule has 4 rings (SSSR count). The number of hydrogen-bond acceptors (Lipinski definition) is 5. The van der Waals surface area contributed by atoms with Gasteiger partial charge in [0.05, 0.1) is 0 Å². The Kier molecular flexibility index (Phi) is 7.25. The first-order valence-corrected chi connectivity index (χ1v) is 11.9. The highest BCUT2D eigenvalue weighted by Crippen LogP contribution is 2.45. The van der Waals surface area contributed by atoms with Crippen LogP contribution >= 0.6 is 0 Å². The average Bonchev–Trinajstić information content (AvgIpc) is 3.54. The number of likely N-dealkylation sites (tertiary alicyclic amines) is 1. The van der Waals surface area contributed by atoms with Crippen molar-refractivity contribution in [3.8, 4) is 5.75 Å². The second-order valence-electron chi connectivity index (χ2n) is 10.3. The third kappa shape index (κ3) is 6.71. The van der Waals surface area contributed by atoms with Crippen LogP contribution in [0, 0.1) is 5.92 Å². The molecule has 1 N–H and O–H groups in total. The van der Waals surface area contributed by atoms with Gasteiger partial charge < -0.3 is 19.5 Å². The third-order valence-corrected chi connectivity index (χ3v) is 6.16. The molecule has 1 aliphatic heterocycles. The molecule has 2 fully saturated rings. The van der Waals surface area contributed by atoms with Crippen molar-refractivity contribution in [1.82, 2.24) is 9.80 Å². The number of nitrogens with zero attached hydrogens (tertiary/aromatic N) is 2. The van der Waals surface area contributed by atoms with E-state index in [1.807, 2.05) is 62.1 Å². The van der Waals surface area contributed by atoms with E-state index in [0.717, 1.165) is 25.3 Å². The first kappa shape index (κ1) is 23.6. The summed E-state index contributed by atoms with van der Waals surface area (Å²) in [6.07, 6.45) is 0.217. The van der Waals surface area contributed by atoms with Gasteiger partial charge in [-0.15, -0.1) is 0 Å². The summed E-state index contributed by atoms with van der Waals surface area (Å²) in [5.74, 6) is 1.53. The fourth-order valence-electron chi connectivity index (χ4n) is 4.53. The number of rotatable bonds is 9. The van der Waals surface area contributed by atoms with Gasteiger partial charge >= 0.3 is 6.09 Å². The number of para-hydroxylation sites is 1. The standard InChI is InChI=1S/C27H36N2O4/c1-27(2,3)33-26(31)29(25-14-24(25)21-10-6-4-7-11-21)17-20-15-28(16-20)18-22(30)19-32-23-12-8-5-9-13-23/h4-13,20,22,24-25,30H,14-19H2,1-3H3/t22?,24-,25+/m0/s1. The first-order valence-electron chi connectivity index (χ1n) is 11.9. The number of carbonyl (C=O) groups excluding carboxylic acids is 1. The number of aliphatic hydroxyl groups excluding tert-OH is 1. The molecule has 6 heteroatoms. The molecule has 1 saturated carbocycles. The largest absolute Gasteiger partial charge is 0.491 e. The molecule has 1 heterocycles. The summed E-state index contributed by atoms with van der Waals surface area (Å²) in [5.41, 5.74) is 0.772. The van der Waals surface area contributed by atoms with Crippen molar-refractivity contribution in [3.05, 3.63) is 66.2 Å². The summed E-state index contributed by atoms with van der Waals surface area (Å²) >= 11 is 0. The first-order chi connectivity index (χ1) is 15.8. The van der Waals surface area contributed by atoms with Crippen molar-refractivity contribution < 1.29 is 19.4 Å². The van der Waals surface area contributed by atoms with E-state index in [0.29, 0.717) is 24.9 Å². The van der Waals surface area contributed by atoms with Crippen LogP contribution in [0.2, 0.25) is 0 Å². The van der Waals surface area contributed by atoms with E-state index in [1.165, 1.54) is 5.56 Å². The maximum absolute atomic E-state index is 13.0. The minimum Gasteiger partial charge on any atom is -0.491 e. The summed E-state index contributed by atoms with van der Waals surface area (Å²) in [6.45, 7) is 9.00. The molecular formula is C27H36N2O4. The SMILES string of the molecule is CC(C)(C)OC(=O)N(CC1CN(CC(O)COc2ccccc2)C1)[C@@H]1C[C@H]1c1ccccc1. The maximum atomic E-state index is 13.0. The van der Waals surface area contributed by atoms with Crippen LogP contribution in [0.3, 0.4) is 0 Å². The van der Waals surface area contributed by atoms with Crippen LogP contribution < -0.4 is 4.74 Å². The second kappa shape index (κ2) is 10.1. The Labute approximate surface area is 197 Å². The highest BCUT2D eigenvalue weighted by molar-refractivity contribution is 5.69. The predicted molar refractivity (Wildman–Crippen MR) is 128 cm³/mol. The number of carbonyl (C=O) groups is 1. The molecule has 1 amide bonds. The molecule has 0 spiro atoms. The number of ether oxygens (including phenoxy) is 2. The predicted octanol–water partition coefficient (Wildman–Crippen LogP) is 4.15. The van der Waals surface area contributed by atoms with E-state index in [2.05, 4.69) is 29.2 Å². The average molecular weight is 453 g/mol. The molecule has 0 radical (unpaired) electrons. The van der Waals surface area contributed by atoms with Gasteiger partial charge in [-0.25, -0.2) is 4.79 Å². The zero-order valence-electron chi connectivity index (χ0n) is 19.9. The second-order valence-corrected chi connectivity index (χ2v) is 10.3. The highest BCUT2D eigenvalue weighted by Gasteiger charge is 2.47. The van der Waals surface area contributed by atoms with Gasteiger partial charge in [0.1, 0.15) is 24.1 Å². The van der Waals surface area contributed by atoms with E-state index in [4.69, 9.17) is 9.47 Å². The lowest BCUT2D eigenvalue weighted by molar-refractivity contribution is -0.00703. The van der Waals surface area contributed by atoms with Crippen LogP contribution in [0.1, 0.15) is 38.7 Å². The number of amides is 1. The van der Waals surface area contributed by atoms with Gasteiger partial charge in [-0.05, 0) is 44.9 Å². The van der Waals surface area contributed by atoms with Crippen LogP contribution in [0.5, 0.6) is 5.75 Å². The normalized spacial score (nSPS) is 21.7. The van der Waals surface area contributed by atoms with E-state index in [1.54, 1.807) is 0 Å². The molecular weight excluding hydrogens is 416 g/mol. The van der Waals surface area contributed by atoms with Crippen LogP contribution in [0.4, 0.5) is 4.79 Å². The highest BCUT2D eigenvalue weighted by atomic mass is 16.6. The number of aliphatic hydroxyl groups is 1. The summed E-state index contributed by atoms with van der Waals surface area (Å²) in [5, 5.41) is 10.3. The molecule has 2 aromatic carbocycles. The van der Waals surface area contributed by atoms with Gasteiger partial charge in [-0.1, -0.05) is 48.5 Å². The van der Waals surface area contributed by atoms with Crippen molar-refractivity contribution in [3.63, 3.8) is 0 Å². The molecule has 0 bridgehead atoms. The van der Waals surface area contributed by atoms with Gasteiger partial charge in [0.15, 0.2) is 0 Å². The van der Waals surface area contributed by atoms with Gasteiger partial charge in [0.2, 0.25) is 0 Å². The van der Waals surface area contributed by atoms with Crippen LogP contribution in [-0.2, 0) is 4.74 Å². The van der Waals surface area contributed by atoms with Crippen molar-refractivity contribution in [2.45, 2.75) is 50.9 Å². The van der Waals surface area contributed by atoms with E-state index < -0.39 is 11.7 Å². The minimum atomic E-state index is -0.543. The zero-order chi connectivity index (χ0) is 23.4. The molecule has 6 nitrogen and oxygen atoms in total. The Morgan fingerprint density at radius 1 is 1.09 bits per heavy atom. The summed E-state index contributed by atoms with van der Waals surface area (Å²) in [7, 11) is 0. The van der Waals surface area contributed by atoms with Crippen molar-refractivity contribution >= 4 is 6.09 Å².